The monoisotopic (exact) mass is 290 g/mol. The lowest BCUT2D eigenvalue weighted by Gasteiger charge is -2.19. The Hall–Kier alpha value is -0.960. The van der Waals surface area contributed by atoms with Crippen LogP contribution >= 0.6 is 11.8 Å². The summed E-state index contributed by atoms with van der Waals surface area (Å²) in [4.78, 5) is 13.6. The SMILES string of the molecule is COC(=O)C(CC1CCCC1)c1ccc2c(c1)CCS2. The van der Waals surface area contributed by atoms with Crippen LogP contribution in [-0.4, -0.2) is 18.8 Å². The van der Waals surface area contributed by atoms with Gasteiger partial charge in [-0.05, 0) is 36.0 Å². The maximum Gasteiger partial charge on any atom is 0.313 e. The number of fused-ring (bicyclic) bond motifs is 1. The molecule has 1 aliphatic heterocycles. The molecule has 1 aromatic rings. The van der Waals surface area contributed by atoms with Crippen molar-refractivity contribution >= 4 is 17.7 Å². The van der Waals surface area contributed by atoms with Crippen LogP contribution in [0.4, 0.5) is 0 Å². The van der Waals surface area contributed by atoms with Crippen molar-refractivity contribution in [2.24, 2.45) is 5.92 Å². The molecule has 1 aliphatic carbocycles. The molecule has 0 N–H and O–H groups in total. The fourth-order valence-corrected chi connectivity index (χ4v) is 4.57. The molecule has 0 bridgehead atoms. The first-order valence-corrected chi connectivity index (χ1v) is 8.60. The number of methoxy groups -OCH3 is 1. The Balaban J connectivity index is 1.82. The van der Waals surface area contributed by atoms with Gasteiger partial charge in [0, 0.05) is 10.6 Å². The van der Waals surface area contributed by atoms with E-state index in [0.717, 1.165) is 18.4 Å². The molecule has 1 atom stereocenters. The number of esters is 1. The molecule has 0 amide bonds. The Morgan fingerprint density at radius 1 is 1.40 bits per heavy atom. The normalized spacial score (nSPS) is 19.9. The Morgan fingerprint density at radius 3 is 2.95 bits per heavy atom. The average Bonchev–Trinajstić information content (AvgIpc) is 3.14. The molecular weight excluding hydrogens is 268 g/mol. The Labute approximate surface area is 125 Å². The Morgan fingerprint density at radius 2 is 2.20 bits per heavy atom. The molecule has 1 saturated carbocycles. The molecule has 2 aliphatic rings. The van der Waals surface area contributed by atoms with Gasteiger partial charge in [-0.3, -0.25) is 4.79 Å². The molecular formula is C17H22O2S. The lowest BCUT2D eigenvalue weighted by atomic mass is 9.87. The molecule has 0 radical (unpaired) electrons. The van der Waals surface area contributed by atoms with E-state index in [1.165, 1.54) is 49.0 Å². The van der Waals surface area contributed by atoms with Gasteiger partial charge in [-0.2, -0.15) is 0 Å². The minimum Gasteiger partial charge on any atom is -0.469 e. The number of carbonyl (C=O) groups excluding carboxylic acids is 1. The van der Waals surface area contributed by atoms with E-state index < -0.39 is 0 Å². The molecule has 0 spiro atoms. The molecule has 0 aromatic heterocycles. The lowest BCUT2D eigenvalue weighted by Crippen LogP contribution is -2.17. The summed E-state index contributed by atoms with van der Waals surface area (Å²) in [6, 6.07) is 6.56. The highest BCUT2D eigenvalue weighted by Gasteiger charge is 2.28. The molecule has 1 aromatic carbocycles. The van der Waals surface area contributed by atoms with Crippen LogP contribution in [0.3, 0.4) is 0 Å². The van der Waals surface area contributed by atoms with E-state index in [0.29, 0.717) is 5.92 Å². The predicted octanol–water partition coefficient (Wildman–Crippen LogP) is 4.17. The van der Waals surface area contributed by atoms with Crippen molar-refractivity contribution in [1.82, 2.24) is 0 Å². The maximum absolute atomic E-state index is 12.2. The van der Waals surface area contributed by atoms with Gasteiger partial charge in [0.25, 0.3) is 0 Å². The van der Waals surface area contributed by atoms with Crippen LogP contribution in [0.1, 0.15) is 49.1 Å². The highest BCUT2D eigenvalue weighted by atomic mass is 32.2. The van der Waals surface area contributed by atoms with Crippen LogP contribution in [0, 0.1) is 5.92 Å². The molecule has 1 heterocycles. The summed E-state index contributed by atoms with van der Waals surface area (Å²) >= 11 is 1.92. The van der Waals surface area contributed by atoms with Crippen molar-refractivity contribution in [3.63, 3.8) is 0 Å². The zero-order chi connectivity index (χ0) is 13.9. The zero-order valence-corrected chi connectivity index (χ0v) is 12.9. The molecule has 3 rings (SSSR count). The van der Waals surface area contributed by atoms with Crippen molar-refractivity contribution < 1.29 is 9.53 Å². The minimum atomic E-state index is -0.0704. The van der Waals surface area contributed by atoms with Crippen LogP contribution in [0.25, 0.3) is 0 Å². The third-order valence-corrected chi connectivity index (χ3v) is 5.76. The van der Waals surface area contributed by atoms with E-state index in [9.17, 15) is 4.79 Å². The molecule has 1 unspecified atom stereocenters. The average molecular weight is 290 g/mol. The van der Waals surface area contributed by atoms with Crippen LogP contribution in [0.2, 0.25) is 0 Å². The van der Waals surface area contributed by atoms with Gasteiger partial charge in [-0.1, -0.05) is 37.8 Å². The van der Waals surface area contributed by atoms with Gasteiger partial charge in [0.15, 0.2) is 0 Å². The van der Waals surface area contributed by atoms with Gasteiger partial charge in [0.05, 0.1) is 13.0 Å². The number of thioether (sulfide) groups is 1. The van der Waals surface area contributed by atoms with Crippen molar-refractivity contribution in [3.05, 3.63) is 29.3 Å². The first-order chi connectivity index (χ1) is 9.78. The van der Waals surface area contributed by atoms with Crippen molar-refractivity contribution in [2.45, 2.75) is 49.3 Å². The number of benzene rings is 1. The maximum atomic E-state index is 12.2. The molecule has 20 heavy (non-hydrogen) atoms. The van der Waals surface area contributed by atoms with Crippen molar-refractivity contribution in [2.75, 3.05) is 12.9 Å². The summed E-state index contributed by atoms with van der Waals surface area (Å²) in [7, 11) is 1.51. The van der Waals surface area contributed by atoms with E-state index in [1.54, 1.807) is 0 Å². The molecule has 2 nitrogen and oxygen atoms in total. The fraction of sp³-hybridized carbons (Fsp3) is 0.588. The van der Waals surface area contributed by atoms with Gasteiger partial charge in [-0.15, -0.1) is 11.8 Å². The van der Waals surface area contributed by atoms with E-state index >= 15 is 0 Å². The highest BCUT2D eigenvalue weighted by Crippen LogP contribution is 2.38. The Bertz CT molecular complexity index is 492. The summed E-state index contributed by atoms with van der Waals surface area (Å²) in [5.74, 6) is 1.73. The van der Waals surface area contributed by atoms with E-state index in [2.05, 4.69) is 18.2 Å². The van der Waals surface area contributed by atoms with Gasteiger partial charge < -0.3 is 4.74 Å². The largest absolute Gasteiger partial charge is 0.469 e. The number of hydrogen-bond acceptors (Lipinski definition) is 3. The van der Waals surface area contributed by atoms with E-state index in [4.69, 9.17) is 4.74 Å². The standard InChI is InChI=1S/C17H22O2S/c1-19-17(18)15(10-12-4-2-3-5-12)13-6-7-16-14(11-13)8-9-20-16/h6-7,11-12,15H,2-5,8-10H2,1H3. The second-order valence-corrected chi connectivity index (χ2v) is 7.06. The highest BCUT2D eigenvalue weighted by molar-refractivity contribution is 7.99. The number of hydrogen-bond donors (Lipinski definition) is 0. The summed E-state index contributed by atoms with van der Waals surface area (Å²) < 4.78 is 5.05. The van der Waals surface area contributed by atoms with Gasteiger partial charge in [0.1, 0.15) is 0 Å². The lowest BCUT2D eigenvalue weighted by molar-refractivity contribution is -0.142. The predicted molar refractivity (Wildman–Crippen MR) is 82.2 cm³/mol. The van der Waals surface area contributed by atoms with Gasteiger partial charge >= 0.3 is 5.97 Å². The second kappa shape index (κ2) is 6.21. The summed E-state index contributed by atoms with van der Waals surface area (Å²) in [5.41, 5.74) is 2.57. The van der Waals surface area contributed by atoms with Crippen LogP contribution in [0.5, 0.6) is 0 Å². The first kappa shape index (κ1) is 14.0. The van der Waals surface area contributed by atoms with Crippen molar-refractivity contribution in [1.29, 1.82) is 0 Å². The number of ether oxygens (including phenoxy) is 1. The van der Waals surface area contributed by atoms with Gasteiger partial charge in [-0.25, -0.2) is 0 Å². The number of carbonyl (C=O) groups is 1. The zero-order valence-electron chi connectivity index (χ0n) is 12.1. The van der Waals surface area contributed by atoms with Crippen LogP contribution < -0.4 is 0 Å². The molecule has 0 saturated heterocycles. The Kier molecular flexibility index (Phi) is 4.35. The smallest absolute Gasteiger partial charge is 0.313 e. The third kappa shape index (κ3) is 2.88. The topological polar surface area (TPSA) is 26.3 Å². The molecule has 108 valence electrons. The van der Waals surface area contributed by atoms with Crippen molar-refractivity contribution in [3.8, 4) is 0 Å². The summed E-state index contributed by atoms with van der Waals surface area (Å²) in [5, 5.41) is 0. The quantitative estimate of drug-likeness (QED) is 0.778. The molecule has 3 heteroatoms. The summed E-state index contributed by atoms with van der Waals surface area (Å²) in [6.07, 6.45) is 7.27. The molecule has 1 fully saturated rings. The number of rotatable bonds is 4. The first-order valence-electron chi connectivity index (χ1n) is 7.61. The third-order valence-electron chi connectivity index (χ3n) is 4.65. The minimum absolute atomic E-state index is 0.0671. The summed E-state index contributed by atoms with van der Waals surface area (Å²) in [6.45, 7) is 0. The van der Waals surface area contributed by atoms with E-state index in [1.807, 2.05) is 11.8 Å². The fourth-order valence-electron chi connectivity index (χ4n) is 3.51. The van der Waals surface area contributed by atoms with Gasteiger partial charge in [0.2, 0.25) is 0 Å². The van der Waals surface area contributed by atoms with Crippen LogP contribution in [-0.2, 0) is 16.0 Å². The van der Waals surface area contributed by atoms with Crippen LogP contribution in [0.15, 0.2) is 23.1 Å². The number of aryl methyl sites for hydroxylation is 1. The second-order valence-electron chi connectivity index (χ2n) is 5.93. The van der Waals surface area contributed by atoms with E-state index in [-0.39, 0.29) is 11.9 Å².